The summed E-state index contributed by atoms with van der Waals surface area (Å²) in [7, 11) is -3.68. The molecule has 0 N–H and O–H groups in total. The largest absolute Gasteiger partial charge is 0.489 e. The smallest absolute Gasteiger partial charge is 0.206 e. The van der Waals surface area contributed by atoms with Crippen molar-refractivity contribution in [2.75, 3.05) is 26.4 Å². The molecule has 0 aliphatic carbocycles. The van der Waals surface area contributed by atoms with Crippen LogP contribution in [0.5, 0.6) is 11.5 Å². The third-order valence-corrected chi connectivity index (χ3v) is 9.11. The van der Waals surface area contributed by atoms with Crippen molar-refractivity contribution >= 4 is 100 Å². The van der Waals surface area contributed by atoms with Crippen LogP contribution in [0.25, 0.3) is 0 Å². The number of hydrogen-bond donors (Lipinski definition) is 0. The minimum atomic E-state index is -3.68. The number of rotatable bonds is 8. The molecular formula is C18H14I4O6S. The van der Waals surface area contributed by atoms with Crippen molar-refractivity contribution in [3.8, 4) is 11.5 Å². The molecule has 6 nitrogen and oxygen atoms in total. The third kappa shape index (κ3) is 5.61. The molecule has 11 heteroatoms. The van der Waals surface area contributed by atoms with Gasteiger partial charge in [-0.05, 0) is 115 Å². The van der Waals surface area contributed by atoms with Crippen molar-refractivity contribution in [3.05, 3.63) is 38.5 Å². The lowest BCUT2D eigenvalue weighted by atomic mass is 10.3. The Balaban J connectivity index is 1.61. The zero-order valence-electron chi connectivity index (χ0n) is 14.7. The Morgan fingerprint density at radius 2 is 1.07 bits per heavy atom. The van der Waals surface area contributed by atoms with Crippen LogP contribution in [0.1, 0.15) is 0 Å². The van der Waals surface area contributed by atoms with E-state index < -0.39 is 9.84 Å². The van der Waals surface area contributed by atoms with Gasteiger partial charge in [0.15, 0.2) is 0 Å². The molecule has 2 aliphatic rings. The average Bonchev–Trinajstić information content (AvgIpc) is 3.54. The fraction of sp³-hybridized carbons (Fsp3) is 0.333. The standard InChI is InChI=1S/C18H14I4O6S/c19-13-1-11(2-14(20)17(13)27-7-9-5-25-9)29(23,24)12-3-15(21)18(16(22)4-12)28-8-10-6-26-10/h1-4,9-10H,5-8H2/t9-,10-/m1/s1. The van der Waals surface area contributed by atoms with Gasteiger partial charge in [-0.1, -0.05) is 0 Å². The number of sulfone groups is 1. The topological polar surface area (TPSA) is 77.7 Å². The van der Waals surface area contributed by atoms with E-state index in [1.54, 1.807) is 24.3 Å². The Morgan fingerprint density at radius 3 is 1.34 bits per heavy atom. The van der Waals surface area contributed by atoms with E-state index in [2.05, 4.69) is 90.4 Å². The molecule has 2 heterocycles. The second kappa shape index (κ2) is 9.36. The number of hydrogen-bond acceptors (Lipinski definition) is 6. The first-order valence-corrected chi connectivity index (χ1v) is 14.3. The van der Waals surface area contributed by atoms with Gasteiger partial charge < -0.3 is 18.9 Å². The van der Waals surface area contributed by atoms with Crippen LogP contribution in [0.15, 0.2) is 34.1 Å². The summed E-state index contributed by atoms with van der Waals surface area (Å²) in [5.41, 5.74) is 0. The Bertz CT molecular complexity index is 927. The quantitative estimate of drug-likeness (QED) is 0.288. The molecule has 0 aromatic heterocycles. The summed E-state index contributed by atoms with van der Waals surface area (Å²) in [5, 5.41) is 0. The zero-order valence-corrected chi connectivity index (χ0v) is 24.1. The van der Waals surface area contributed by atoms with Gasteiger partial charge in [-0.25, -0.2) is 8.42 Å². The second-order valence-corrected chi connectivity index (χ2v) is 13.1. The first-order chi connectivity index (χ1) is 13.8. The number of ether oxygens (including phenoxy) is 4. The van der Waals surface area contributed by atoms with Crippen LogP contribution in [0, 0.1) is 14.3 Å². The van der Waals surface area contributed by atoms with Crippen molar-refractivity contribution in [2.45, 2.75) is 22.0 Å². The van der Waals surface area contributed by atoms with E-state index in [1.807, 2.05) is 0 Å². The Kier molecular flexibility index (Phi) is 7.43. The first-order valence-electron chi connectivity index (χ1n) is 8.47. The van der Waals surface area contributed by atoms with Crippen molar-refractivity contribution in [2.24, 2.45) is 0 Å². The summed E-state index contributed by atoms with van der Waals surface area (Å²) in [6, 6.07) is 6.59. The molecule has 2 saturated heterocycles. The lowest BCUT2D eigenvalue weighted by Gasteiger charge is -2.14. The molecule has 2 atom stereocenters. The third-order valence-electron chi connectivity index (χ3n) is 4.20. The van der Waals surface area contributed by atoms with E-state index in [9.17, 15) is 8.42 Å². The van der Waals surface area contributed by atoms with Gasteiger partial charge in [0, 0.05) is 0 Å². The Hall–Kier alpha value is 0.830. The molecular weight excluding hydrogens is 852 g/mol. The summed E-state index contributed by atoms with van der Waals surface area (Å²) in [6.45, 7) is 2.37. The molecule has 0 spiro atoms. The van der Waals surface area contributed by atoms with E-state index in [1.165, 1.54) is 0 Å². The SMILES string of the molecule is O=S(=O)(c1cc(I)c(OC[C@H]2CO2)c(I)c1)c1cc(I)c(OC[C@H]2CO2)c(I)c1. The highest BCUT2D eigenvalue weighted by molar-refractivity contribution is 14.1. The van der Waals surface area contributed by atoms with Gasteiger partial charge in [0.1, 0.15) is 36.9 Å². The van der Waals surface area contributed by atoms with Crippen LogP contribution in [0.2, 0.25) is 0 Å². The molecule has 0 radical (unpaired) electrons. The van der Waals surface area contributed by atoms with Gasteiger partial charge in [0.25, 0.3) is 0 Å². The molecule has 2 fully saturated rings. The molecule has 2 aliphatic heterocycles. The lowest BCUT2D eigenvalue weighted by molar-refractivity contribution is 0.260. The predicted molar refractivity (Wildman–Crippen MR) is 140 cm³/mol. The van der Waals surface area contributed by atoms with Gasteiger partial charge in [-0.3, -0.25) is 0 Å². The highest BCUT2D eigenvalue weighted by Gasteiger charge is 2.27. The monoisotopic (exact) mass is 866 g/mol. The van der Waals surface area contributed by atoms with E-state index in [0.29, 0.717) is 37.9 Å². The van der Waals surface area contributed by atoms with Crippen molar-refractivity contribution in [1.29, 1.82) is 0 Å². The zero-order chi connectivity index (χ0) is 20.8. The lowest BCUT2D eigenvalue weighted by Crippen LogP contribution is -2.10. The van der Waals surface area contributed by atoms with Gasteiger partial charge >= 0.3 is 0 Å². The number of benzene rings is 2. The Labute approximate surface area is 223 Å². The van der Waals surface area contributed by atoms with Gasteiger partial charge in [0.05, 0.1) is 37.3 Å². The highest BCUT2D eigenvalue weighted by atomic mass is 127. The maximum absolute atomic E-state index is 13.3. The van der Waals surface area contributed by atoms with E-state index in [4.69, 9.17) is 18.9 Å². The van der Waals surface area contributed by atoms with Crippen molar-refractivity contribution in [3.63, 3.8) is 0 Å². The molecule has 4 rings (SSSR count). The van der Waals surface area contributed by atoms with Gasteiger partial charge in [-0.15, -0.1) is 0 Å². The maximum Gasteiger partial charge on any atom is 0.206 e. The highest BCUT2D eigenvalue weighted by Crippen LogP contribution is 2.36. The van der Waals surface area contributed by atoms with Crippen LogP contribution >= 0.6 is 90.4 Å². The van der Waals surface area contributed by atoms with E-state index in [0.717, 1.165) is 14.3 Å². The number of halogens is 4. The van der Waals surface area contributed by atoms with E-state index in [-0.39, 0.29) is 22.0 Å². The molecule has 2 aromatic rings. The maximum atomic E-state index is 13.3. The first kappa shape index (κ1) is 23.0. The van der Waals surface area contributed by atoms with Crippen molar-refractivity contribution in [1.82, 2.24) is 0 Å². The molecule has 29 heavy (non-hydrogen) atoms. The average molecular weight is 866 g/mol. The minimum absolute atomic E-state index is 0.140. The normalized spacial score (nSPS) is 20.4. The summed E-state index contributed by atoms with van der Waals surface area (Å²) < 4.78 is 51.5. The number of epoxide rings is 2. The Morgan fingerprint density at radius 1 is 0.759 bits per heavy atom. The van der Waals surface area contributed by atoms with Gasteiger partial charge in [-0.2, -0.15) is 0 Å². The van der Waals surface area contributed by atoms with Crippen LogP contribution in [-0.4, -0.2) is 47.1 Å². The van der Waals surface area contributed by atoms with Crippen LogP contribution in [-0.2, 0) is 19.3 Å². The van der Waals surface area contributed by atoms with Crippen molar-refractivity contribution < 1.29 is 27.4 Å². The summed E-state index contributed by atoms with van der Waals surface area (Å²) in [5.74, 6) is 1.38. The summed E-state index contributed by atoms with van der Waals surface area (Å²) in [6.07, 6.45) is 0.280. The van der Waals surface area contributed by atoms with Crippen LogP contribution in [0.3, 0.4) is 0 Å². The molecule has 2 aromatic carbocycles. The summed E-state index contributed by atoms with van der Waals surface area (Å²) in [4.78, 5) is 0.487. The fourth-order valence-corrected chi connectivity index (χ4v) is 8.84. The predicted octanol–water partition coefficient (Wildman–Crippen LogP) is 4.49. The second-order valence-electron chi connectivity index (χ2n) is 6.47. The molecule has 0 saturated carbocycles. The fourth-order valence-electron chi connectivity index (χ4n) is 2.48. The van der Waals surface area contributed by atoms with Crippen LogP contribution < -0.4 is 9.47 Å². The van der Waals surface area contributed by atoms with Gasteiger partial charge in [0.2, 0.25) is 9.84 Å². The van der Waals surface area contributed by atoms with Crippen LogP contribution in [0.4, 0.5) is 0 Å². The molecule has 0 unspecified atom stereocenters. The molecule has 156 valence electrons. The minimum Gasteiger partial charge on any atom is -0.489 e. The summed E-state index contributed by atoms with van der Waals surface area (Å²) >= 11 is 8.44. The molecule has 0 amide bonds. The van der Waals surface area contributed by atoms with E-state index >= 15 is 0 Å². The molecule has 0 bridgehead atoms.